The van der Waals surface area contributed by atoms with Gasteiger partial charge in [0.25, 0.3) is 0 Å². The molecule has 2 aromatic heterocycles. The zero-order valence-electron chi connectivity index (χ0n) is 18.6. The molecule has 1 unspecified atom stereocenters. The van der Waals surface area contributed by atoms with Crippen molar-refractivity contribution in [2.75, 3.05) is 22.2 Å². The molecule has 10 heteroatoms. The first-order valence-corrected chi connectivity index (χ1v) is 12.0. The Kier molecular flexibility index (Phi) is 6.18. The van der Waals surface area contributed by atoms with E-state index in [1.54, 1.807) is 36.5 Å². The third-order valence-corrected chi connectivity index (χ3v) is 7.00. The molecule has 1 aliphatic carbocycles. The zero-order valence-corrected chi connectivity index (χ0v) is 20.1. The molecule has 1 fully saturated rings. The van der Waals surface area contributed by atoms with Gasteiger partial charge in [-0.25, -0.2) is 4.98 Å². The Bertz CT molecular complexity index is 1200. The summed E-state index contributed by atoms with van der Waals surface area (Å²) >= 11 is 12.1. The summed E-state index contributed by atoms with van der Waals surface area (Å²) in [5, 5.41) is 13.2. The molecule has 0 bridgehead atoms. The second-order valence-corrected chi connectivity index (χ2v) is 9.41. The SMILES string of the molecule is CN1C(=O)C(Cc2ccccn2)N(C2CCCC2)c2nc(Nc3cc(Cl)c(O)c(Cl)c3)ncc21. The van der Waals surface area contributed by atoms with E-state index in [9.17, 15) is 9.90 Å². The second-order valence-electron chi connectivity index (χ2n) is 8.60. The van der Waals surface area contributed by atoms with Gasteiger partial charge in [0.1, 0.15) is 11.7 Å². The van der Waals surface area contributed by atoms with E-state index in [1.165, 1.54) is 0 Å². The average Bonchev–Trinajstić information content (AvgIpc) is 3.36. The van der Waals surface area contributed by atoms with Gasteiger partial charge in [0, 0.05) is 37.1 Å². The molecule has 3 heterocycles. The van der Waals surface area contributed by atoms with Gasteiger partial charge in [-0.3, -0.25) is 9.78 Å². The summed E-state index contributed by atoms with van der Waals surface area (Å²) in [5.74, 6) is 0.888. The van der Waals surface area contributed by atoms with Crippen LogP contribution in [0.5, 0.6) is 5.75 Å². The van der Waals surface area contributed by atoms with E-state index in [0.29, 0.717) is 29.6 Å². The maximum atomic E-state index is 13.5. The van der Waals surface area contributed by atoms with E-state index in [2.05, 4.69) is 20.2 Å². The lowest BCUT2D eigenvalue weighted by Gasteiger charge is -2.43. The third kappa shape index (κ3) is 4.23. The number of anilines is 4. The molecule has 1 aliphatic heterocycles. The van der Waals surface area contributed by atoms with Gasteiger partial charge in [0.15, 0.2) is 11.6 Å². The Morgan fingerprint density at radius 2 is 1.88 bits per heavy atom. The van der Waals surface area contributed by atoms with E-state index < -0.39 is 6.04 Å². The van der Waals surface area contributed by atoms with Gasteiger partial charge in [0.05, 0.1) is 16.2 Å². The minimum Gasteiger partial charge on any atom is -0.505 e. The van der Waals surface area contributed by atoms with Crippen LogP contribution in [0, 0.1) is 0 Å². The molecule has 0 radical (unpaired) electrons. The standard InChI is InChI=1S/C24H24Cl2N6O2/c1-31-20-13-28-24(29-15-10-17(25)21(33)18(26)11-15)30-22(20)32(16-7-2-3-8-16)19(23(31)34)12-14-6-4-5-9-27-14/h4-6,9-11,13,16,19,33H,2-3,7-8,12H2,1H3,(H,28,29,30). The molecule has 1 aromatic carbocycles. The molecule has 34 heavy (non-hydrogen) atoms. The fourth-order valence-corrected chi connectivity index (χ4v) is 5.23. The Balaban J connectivity index is 1.54. The molecule has 1 amide bonds. The van der Waals surface area contributed by atoms with Crippen molar-refractivity contribution in [3.05, 3.63) is 58.5 Å². The highest BCUT2D eigenvalue weighted by atomic mass is 35.5. The van der Waals surface area contributed by atoms with Crippen LogP contribution in [0.15, 0.2) is 42.7 Å². The van der Waals surface area contributed by atoms with E-state index >= 15 is 0 Å². The van der Waals surface area contributed by atoms with Crippen molar-refractivity contribution < 1.29 is 9.90 Å². The Morgan fingerprint density at radius 1 is 1.15 bits per heavy atom. The fourth-order valence-electron chi connectivity index (χ4n) is 4.74. The summed E-state index contributed by atoms with van der Waals surface area (Å²) < 4.78 is 0. The molecule has 8 nitrogen and oxygen atoms in total. The van der Waals surface area contributed by atoms with Crippen LogP contribution in [0.2, 0.25) is 10.0 Å². The number of carbonyl (C=O) groups is 1. The first-order chi connectivity index (χ1) is 16.4. The van der Waals surface area contributed by atoms with E-state index in [-0.39, 0.29) is 27.7 Å². The Hall–Kier alpha value is -3.10. The minimum atomic E-state index is -0.407. The molecular weight excluding hydrogens is 475 g/mol. The minimum absolute atomic E-state index is 0.00598. The molecule has 0 saturated heterocycles. The predicted molar refractivity (Wildman–Crippen MR) is 133 cm³/mol. The number of aromatic nitrogens is 3. The number of phenols is 1. The molecule has 1 atom stereocenters. The van der Waals surface area contributed by atoms with Gasteiger partial charge < -0.3 is 20.2 Å². The number of nitrogens with zero attached hydrogens (tertiary/aromatic N) is 5. The van der Waals surface area contributed by atoms with Crippen molar-refractivity contribution >= 4 is 52.3 Å². The molecule has 2 aliphatic rings. The molecule has 176 valence electrons. The largest absolute Gasteiger partial charge is 0.505 e. The number of benzene rings is 1. The van der Waals surface area contributed by atoms with E-state index in [0.717, 1.165) is 31.4 Å². The van der Waals surface area contributed by atoms with Crippen molar-refractivity contribution in [3.63, 3.8) is 0 Å². The average molecular weight is 499 g/mol. The highest BCUT2D eigenvalue weighted by Gasteiger charge is 2.42. The van der Waals surface area contributed by atoms with Crippen LogP contribution in [-0.4, -0.2) is 45.1 Å². The topological polar surface area (TPSA) is 94.5 Å². The van der Waals surface area contributed by atoms with Gasteiger partial charge in [-0.2, -0.15) is 4.98 Å². The number of carbonyl (C=O) groups excluding carboxylic acids is 1. The maximum Gasteiger partial charge on any atom is 0.250 e. The summed E-state index contributed by atoms with van der Waals surface area (Å²) in [7, 11) is 1.76. The van der Waals surface area contributed by atoms with Crippen LogP contribution in [0.25, 0.3) is 0 Å². The lowest BCUT2D eigenvalue weighted by Crippen LogP contribution is -2.57. The third-order valence-electron chi connectivity index (χ3n) is 6.43. The molecule has 1 saturated carbocycles. The number of rotatable bonds is 5. The second kappa shape index (κ2) is 9.27. The number of hydrogen-bond donors (Lipinski definition) is 2. The van der Waals surface area contributed by atoms with Gasteiger partial charge in [-0.05, 0) is 37.1 Å². The van der Waals surface area contributed by atoms with Crippen molar-refractivity contribution in [1.82, 2.24) is 15.0 Å². The maximum absolute atomic E-state index is 13.5. The lowest BCUT2D eigenvalue weighted by atomic mass is 10.0. The molecule has 0 spiro atoms. The summed E-state index contributed by atoms with van der Waals surface area (Å²) in [6.45, 7) is 0. The van der Waals surface area contributed by atoms with E-state index in [4.69, 9.17) is 28.2 Å². The van der Waals surface area contributed by atoms with Crippen LogP contribution in [0.1, 0.15) is 31.4 Å². The van der Waals surface area contributed by atoms with Crippen LogP contribution >= 0.6 is 23.2 Å². The quantitative estimate of drug-likeness (QED) is 0.479. The number of likely N-dealkylation sites (N-methyl/N-ethyl adjacent to an activating group) is 1. The van der Waals surface area contributed by atoms with Gasteiger partial charge >= 0.3 is 0 Å². The normalized spacial score (nSPS) is 18.3. The number of nitrogens with one attached hydrogen (secondary N) is 1. The molecule has 2 N–H and O–H groups in total. The lowest BCUT2D eigenvalue weighted by molar-refractivity contribution is -0.120. The highest BCUT2D eigenvalue weighted by Crippen LogP contribution is 2.40. The van der Waals surface area contributed by atoms with E-state index in [1.807, 2.05) is 18.2 Å². The Labute approximate surface area is 207 Å². The summed E-state index contributed by atoms with van der Waals surface area (Å²) in [6, 6.07) is 8.67. The van der Waals surface area contributed by atoms with Crippen molar-refractivity contribution in [2.45, 2.75) is 44.2 Å². The number of fused-ring (bicyclic) bond motifs is 1. The predicted octanol–water partition coefficient (Wildman–Crippen LogP) is 4.96. The summed E-state index contributed by atoms with van der Waals surface area (Å²) in [6.07, 6.45) is 8.16. The van der Waals surface area contributed by atoms with Crippen LogP contribution < -0.4 is 15.1 Å². The highest BCUT2D eigenvalue weighted by molar-refractivity contribution is 6.37. The smallest absolute Gasteiger partial charge is 0.250 e. The Morgan fingerprint density at radius 3 is 2.56 bits per heavy atom. The number of phenolic OH excluding ortho intramolecular Hbond substituents is 1. The number of halogens is 2. The van der Waals surface area contributed by atoms with Crippen molar-refractivity contribution in [2.24, 2.45) is 0 Å². The molecule has 5 rings (SSSR count). The molecular formula is C24H24Cl2N6O2. The van der Waals surface area contributed by atoms with Crippen molar-refractivity contribution in [3.8, 4) is 5.75 Å². The number of pyridine rings is 1. The monoisotopic (exact) mass is 498 g/mol. The van der Waals surface area contributed by atoms with Crippen LogP contribution in [0.4, 0.5) is 23.1 Å². The number of aromatic hydroxyl groups is 1. The first-order valence-electron chi connectivity index (χ1n) is 11.2. The van der Waals surface area contributed by atoms with Gasteiger partial charge in [-0.15, -0.1) is 0 Å². The zero-order chi connectivity index (χ0) is 23.8. The first kappa shape index (κ1) is 22.7. The number of hydrogen-bond acceptors (Lipinski definition) is 7. The summed E-state index contributed by atoms with van der Waals surface area (Å²) in [4.78, 5) is 31.0. The number of amides is 1. The van der Waals surface area contributed by atoms with Gasteiger partial charge in [-0.1, -0.05) is 42.1 Å². The van der Waals surface area contributed by atoms with Gasteiger partial charge in [0.2, 0.25) is 11.9 Å². The summed E-state index contributed by atoms with van der Waals surface area (Å²) in [5.41, 5.74) is 2.08. The molecule has 3 aromatic rings. The van der Waals surface area contributed by atoms with Crippen molar-refractivity contribution in [1.29, 1.82) is 0 Å². The fraction of sp³-hybridized carbons (Fsp3) is 0.333. The van der Waals surface area contributed by atoms with Crippen LogP contribution in [-0.2, 0) is 11.2 Å². The van der Waals surface area contributed by atoms with Crippen LogP contribution in [0.3, 0.4) is 0 Å².